The van der Waals surface area contributed by atoms with E-state index in [2.05, 4.69) is 0 Å². The van der Waals surface area contributed by atoms with Crippen LogP contribution in [0.4, 0.5) is 17.6 Å². The molecule has 0 spiro atoms. The van der Waals surface area contributed by atoms with Crippen molar-refractivity contribution in [2.45, 2.75) is 6.18 Å². The van der Waals surface area contributed by atoms with Crippen LogP contribution in [-0.2, 0) is 34.1 Å². The predicted octanol–water partition coefficient (Wildman–Crippen LogP) is 1.67. The summed E-state index contributed by atoms with van der Waals surface area (Å²) in [4.78, 5) is 0. The molecule has 0 fully saturated rings. The van der Waals surface area contributed by atoms with Gasteiger partial charge >= 0.3 is 17.1 Å². The zero-order chi connectivity index (χ0) is 5.21. The smallest absolute Gasteiger partial charge is 0.451 e. The van der Waals surface area contributed by atoms with Crippen LogP contribution in [0.15, 0.2) is 0 Å². The number of hydrogen-bond acceptors (Lipinski definition) is 0. The molecule has 0 aromatic heterocycles. The maximum absolute atomic E-state index is 10.4. The summed E-state index contributed by atoms with van der Waals surface area (Å²) in [6.07, 6.45) is -4.75. The van der Waals surface area contributed by atoms with Crippen molar-refractivity contribution < 1.29 is 51.7 Å². The van der Waals surface area contributed by atoms with E-state index in [0.29, 0.717) is 0 Å². The molecular formula is C2HCu2F4. The quantitative estimate of drug-likeness (QED) is 0.336. The van der Waals surface area contributed by atoms with E-state index in [-0.39, 0.29) is 34.1 Å². The van der Waals surface area contributed by atoms with Crippen LogP contribution < -0.4 is 0 Å². The van der Waals surface area contributed by atoms with Crippen molar-refractivity contribution in [2.75, 3.05) is 0 Å². The number of hydrogen-bond donors (Lipinski definition) is 0. The third-order valence-electron chi connectivity index (χ3n) is 0.124. The van der Waals surface area contributed by atoms with E-state index in [1.165, 1.54) is 0 Å². The Kier molecular flexibility index (Phi) is 11.7. The van der Waals surface area contributed by atoms with Crippen molar-refractivity contribution in [3.8, 4) is 0 Å². The van der Waals surface area contributed by atoms with Crippen LogP contribution in [0.1, 0.15) is 0 Å². The van der Waals surface area contributed by atoms with Crippen LogP contribution in [0.2, 0.25) is 0 Å². The topological polar surface area (TPSA) is 0 Å². The summed E-state index contributed by atoms with van der Waals surface area (Å²) >= 11 is 0. The predicted molar refractivity (Wildman–Crippen MR) is 11.5 cm³/mol. The van der Waals surface area contributed by atoms with Gasteiger partial charge in [-0.2, -0.15) is 0 Å². The summed E-state index contributed by atoms with van der Waals surface area (Å²) in [5.74, 6) is 0. The van der Waals surface area contributed by atoms with Gasteiger partial charge in [-0.1, -0.05) is 6.67 Å². The first-order valence-electron chi connectivity index (χ1n) is 1.07. The Balaban J connectivity index is -0.000000125. The molecule has 0 nitrogen and oxygen atoms in total. The number of alkyl halides is 3. The van der Waals surface area contributed by atoms with Gasteiger partial charge in [0.15, 0.2) is 0 Å². The Morgan fingerprint density at radius 2 is 1.25 bits per heavy atom. The molecule has 0 aliphatic rings. The molecule has 0 N–H and O–H groups in total. The SMILES string of the molecule is F[CH-]C(F)(F)F.[Cu+].[Cu]. The normalized spacial score (nSPS) is 9.00. The van der Waals surface area contributed by atoms with Crippen molar-refractivity contribution in [2.24, 2.45) is 0 Å². The van der Waals surface area contributed by atoms with Gasteiger partial charge in [0.2, 0.25) is 0 Å². The first-order valence-corrected chi connectivity index (χ1v) is 1.07. The van der Waals surface area contributed by atoms with Gasteiger partial charge < -0.3 is 4.39 Å². The number of rotatable bonds is 0. The molecule has 0 saturated heterocycles. The summed E-state index contributed by atoms with van der Waals surface area (Å²) in [5, 5.41) is 0. The van der Waals surface area contributed by atoms with Gasteiger partial charge in [0.25, 0.3) is 6.18 Å². The molecule has 0 saturated carbocycles. The van der Waals surface area contributed by atoms with Crippen molar-refractivity contribution >= 4 is 0 Å². The monoisotopic (exact) mass is 227 g/mol. The summed E-state index contributed by atoms with van der Waals surface area (Å²) in [5.41, 5.74) is 0. The second kappa shape index (κ2) is 5.89. The summed E-state index contributed by atoms with van der Waals surface area (Å²) in [7, 11) is 0. The van der Waals surface area contributed by atoms with E-state index in [0.717, 1.165) is 0 Å². The summed E-state index contributed by atoms with van der Waals surface area (Å²) in [6.45, 7) is -1.31. The Hall–Kier alpha value is 0.759. The third-order valence-corrected chi connectivity index (χ3v) is 0.124. The molecule has 0 heterocycles. The maximum atomic E-state index is 10.4. The van der Waals surface area contributed by atoms with Crippen molar-refractivity contribution in [3.05, 3.63) is 6.67 Å². The molecule has 1 radical (unpaired) electrons. The second-order valence-corrected chi connectivity index (χ2v) is 0.651. The largest absolute Gasteiger partial charge is 1.00 e. The standard InChI is InChI=1S/C2HF4.2Cu/c3-1-2(4,5)6;;/h1H;;/q-1;;+1. The molecule has 0 bridgehead atoms. The minimum Gasteiger partial charge on any atom is -0.451 e. The van der Waals surface area contributed by atoms with E-state index in [1.54, 1.807) is 0 Å². The minimum absolute atomic E-state index is 0. The van der Waals surface area contributed by atoms with Gasteiger partial charge in [0, 0.05) is 17.1 Å². The molecule has 0 aromatic carbocycles. The molecule has 59 valence electrons. The maximum Gasteiger partial charge on any atom is 1.00 e. The number of halogens is 4. The molecule has 0 atom stereocenters. The molecule has 6 heteroatoms. The average Bonchev–Trinajstić information content (AvgIpc) is 1.35. The van der Waals surface area contributed by atoms with E-state index in [9.17, 15) is 17.6 Å². The van der Waals surface area contributed by atoms with Crippen LogP contribution in [0.5, 0.6) is 0 Å². The van der Waals surface area contributed by atoms with E-state index in [1.807, 2.05) is 0 Å². The molecule has 0 unspecified atom stereocenters. The fourth-order valence-electron chi connectivity index (χ4n) is 0. The molecule has 0 rings (SSSR count). The van der Waals surface area contributed by atoms with Crippen molar-refractivity contribution in [1.29, 1.82) is 0 Å². The van der Waals surface area contributed by atoms with Gasteiger partial charge in [-0.25, -0.2) is 13.2 Å². The van der Waals surface area contributed by atoms with Crippen LogP contribution in [0, 0.1) is 6.67 Å². The Morgan fingerprint density at radius 3 is 1.25 bits per heavy atom. The third kappa shape index (κ3) is 15.9. The first-order chi connectivity index (χ1) is 2.56. The van der Waals surface area contributed by atoms with Gasteiger partial charge in [-0.15, -0.1) is 0 Å². The zero-order valence-corrected chi connectivity index (χ0v) is 5.08. The van der Waals surface area contributed by atoms with Gasteiger partial charge in [-0.3, -0.25) is 0 Å². The molecule has 8 heavy (non-hydrogen) atoms. The minimum atomic E-state index is -4.75. The average molecular weight is 228 g/mol. The first kappa shape index (κ1) is 15.9. The van der Waals surface area contributed by atoms with Crippen molar-refractivity contribution in [3.63, 3.8) is 0 Å². The van der Waals surface area contributed by atoms with Gasteiger partial charge in [0.1, 0.15) is 0 Å². The van der Waals surface area contributed by atoms with Crippen LogP contribution in [0.25, 0.3) is 0 Å². The Labute approximate surface area is 65.0 Å². The van der Waals surface area contributed by atoms with Gasteiger partial charge in [-0.05, 0) is 0 Å². The summed E-state index contributed by atoms with van der Waals surface area (Å²) < 4.78 is 41.3. The molecule has 0 aromatic rings. The fraction of sp³-hybridized carbons (Fsp3) is 0.500. The molecule has 0 amide bonds. The molecule has 0 aliphatic carbocycles. The Bertz CT molecular complexity index is 41.8. The van der Waals surface area contributed by atoms with Crippen molar-refractivity contribution in [1.82, 2.24) is 0 Å². The zero-order valence-electron chi connectivity index (χ0n) is 3.19. The van der Waals surface area contributed by atoms with Crippen LogP contribution in [-0.4, -0.2) is 6.18 Å². The van der Waals surface area contributed by atoms with Gasteiger partial charge in [0.05, 0.1) is 0 Å². The van der Waals surface area contributed by atoms with E-state index in [4.69, 9.17) is 0 Å². The second-order valence-electron chi connectivity index (χ2n) is 0.651. The summed E-state index contributed by atoms with van der Waals surface area (Å²) in [6, 6.07) is 0. The van der Waals surface area contributed by atoms with Crippen LogP contribution in [0.3, 0.4) is 0 Å². The molecule has 0 aliphatic heterocycles. The fourth-order valence-corrected chi connectivity index (χ4v) is 0. The van der Waals surface area contributed by atoms with E-state index < -0.39 is 12.9 Å². The van der Waals surface area contributed by atoms with E-state index >= 15 is 0 Å². The molecular weight excluding hydrogens is 227 g/mol. The Morgan fingerprint density at radius 1 is 1.12 bits per heavy atom. The van der Waals surface area contributed by atoms with Crippen LogP contribution >= 0.6 is 0 Å².